The summed E-state index contributed by atoms with van der Waals surface area (Å²) in [6.45, 7) is 3.04. The van der Waals surface area contributed by atoms with Crippen LogP contribution >= 0.6 is 11.3 Å². The van der Waals surface area contributed by atoms with Gasteiger partial charge in [-0.3, -0.25) is 9.59 Å². The summed E-state index contributed by atoms with van der Waals surface area (Å²) in [4.78, 5) is 37.4. The number of anilines is 1. The average Bonchev–Trinajstić information content (AvgIpc) is 3.29. The highest BCUT2D eigenvalue weighted by Crippen LogP contribution is 2.23. The van der Waals surface area contributed by atoms with Crippen LogP contribution in [-0.2, 0) is 9.53 Å². The number of carbonyl (C=O) groups excluding carboxylic acids is 3. The lowest BCUT2D eigenvalue weighted by molar-refractivity contribution is -0.123. The molecule has 0 aliphatic heterocycles. The molecule has 0 fully saturated rings. The zero-order chi connectivity index (χ0) is 20.3. The third-order valence-corrected chi connectivity index (χ3v) is 4.61. The van der Waals surface area contributed by atoms with Crippen LogP contribution in [0.4, 0.5) is 5.00 Å². The van der Waals surface area contributed by atoms with Gasteiger partial charge in [-0.05, 0) is 37.4 Å². The van der Waals surface area contributed by atoms with Gasteiger partial charge in [-0.2, -0.15) is 9.90 Å². The molecule has 0 aliphatic carbocycles. The second-order valence-electron chi connectivity index (χ2n) is 5.82. The number of esters is 1. The van der Waals surface area contributed by atoms with E-state index in [1.807, 2.05) is 18.2 Å². The molecule has 0 unspecified atom stereocenters. The van der Waals surface area contributed by atoms with E-state index >= 15 is 0 Å². The van der Waals surface area contributed by atoms with E-state index in [1.54, 1.807) is 24.4 Å². The quantitative estimate of drug-likeness (QED) is 0.609. The predicted octanol–water partition coefficient (Wildman–Crippen LogP) is 1.92. The van der Waals surface area contributed by atoms with E-state index in [1.165, 1.54) is 17.8 Å². The van der Waals surface area contributed by atoms with Crippen molar-refractivity contribution in [3.8, 4) is 5.69 Å². The molecule has 0 radical (unpaired) electrons. The number of nitrogens with two attached hydrogens (primary N) is 1. The number of thiophene rings is 1. The predicted molar refractivity (Wildman–Crippen MR) is 102 cm³/mol. The summed E-state index contributed by atoms with van der Waals surface area (Å²) in [7, 11) is 0. The molecule has 0 aliphatic rings. The van der Waals surface area contributed by atoms with Gasteiger partial charge in [0.15, 0.2) is 11.8 Å². The van der Waals surface area contributed by atoms with Crippen molar-refractivity contribution in [3.05, 3.63) is 58.7 Å². The topological polar surface area (TPSA) is 129 Å². The summed E-state index contributed by atoms with van der Waals surface area (Å²) in [5.74, 6) is -2.02. The minimum Gasteiger partial charge on any atom is -0.448 e. The van der Waals surface area contributed by atoms with Crippen molar-refractivity contribution in [3.63, 3.8) is 0 Å². The molecule has 3 rings (SSSR count). The number of hydrogen-bond donors (Lipinski definition) is 2. The van der Waals surface area contributed by atoms with E-state index in [0.717, 1.165) is 11.3 Å². The van der Waals surface area contributed by atoms with Gasteiger partial charge in [-0.15, -0.1) is 16.4 Å². The number of amides is 2. The van der Waals surface area contributed by atoms with Crippen LogP contribution in [0.25, 0.3) is 5.69 Å². The lowest BCUT2D eigenvalue weighted by Gasteiger charge is -2.12. The molecule has 3 aromatic rings. The van der Waals surface area contributed by atoms with Gasteiger partial charge in [-0.25, -0.2) is 4.79 Å². The Balaban J connectivity index is 1.69. The number of hydrogen-bond acceptors (Lipinski definition) is 7. The number of carbonyl (C=O) groups is 3. The van der Waals surface area contributed by atoms with Gasteiger partial charge in [0.25, 0.3) is 11.8 Å². The van der Waals surface area contributed by atoms with Crippen LogP contribution in [0.1, 0.15) is 33.5 Å². The number of benzene rings is 1. The normalized spacial score (nSPS) is 11.6. The standard InChI is InChI=1S/C18H17N5O4S/c1-10-14(22-23(21-10)12-6-4-3-5-7-12)18(26)27-11(2)16(25)20-17-13(15(19)24)8-9-28-17/h3-9,11H,1-2H3,(H2,19,24)(H,20,25)/t11-/m1/s1. The second kappa shape index (κ2) is 8.01. The van der Waals surface area contributed by atoms with Crippen molar-refractivity contribution in [2.75, 3.05) is 5.32 Å². The summed E-state index contributed by atoms with van der Waals surface area (Å²) >= 11 is 1.14. The Morgan fingerprint density at radius 2 is 1.89 bits per heavy atom. The van der Waals surface area contributed by atoms with Crippen LogP contribution in [0, 0.1) is 6.92 Å². The lowest BCUT2D eigenvalue weighted by atomic mass is 10.3. The molecule has 1 atom stereocenters. The van der Waals surface area contributed by atoms with Crippen molar-refractivity contribution >= 4 is 34.1 Å². The Bertz CT molecular complexity index is 1030. The third-order valence-electron chi connectivity index (χ3n) is 3.78. The average molecular weight is 399 g/mol. The number of primary amides is 1. The summed E-state index contributed by atoms with van der Waals surface area (Å²) in [5.41, 5.74) is 6.51. The molecule has 2 aromatic heterocycles. The molecular formula is C18H17N5O4S. The minimum atomic E-state index is -1.11. The maximum atomic E-state index is 12.4. The maximum absolute atomic E-state index is 12.4. The Morgan fingerprint density at radius 1 is 1.18 bits per heavy atom. The summed E-state index contributed by atoms with van der Waals surface area (Å²) in [6.07, 6.45) is -1.11. The van der Waals surface area contributed by atoms with Crippen LogP contribution in [0.5, 0.6) is 0 Å². The van der Waals surface area contributed by atoms with Gasteiger partial charge in [0.05, 0.1) is 16.9 Å². The summed E-state index contributed by atoms with van der Waals surface area (Å²) in [5, 5.41) is 12.8. The van der Waals surface area contributed by atoms with Crippen LogP contribution < -0.4 is 11.1 Å². The molecule has 28 heavy (non-hydrogen) atoms. The first-order chi connectivity index (χ1) is 13.4. The van der Waals surface area contributed by atoms with Crippen LogP contribution in [0.2, 0.25) is 0 Å². The van der Waals surface area contributed by atoms with Gasteiger partial charge in [0.2, 0.25) is 0 Å². The zero-order valence-electron chi connectivity index (χ0n) is 15.1. The molecule has 0 saturated heterocycles. The minimum absolute atomic E-state index is 0.0115. The Morgan fingerprint density at radius 3 is 2.57 bits per heavy atom. The number of rotatable bonds is 6. The van der Waals surface area contributed by atoms with Crippen molar-refractivity contribution in [2.45, 2.75) is 20.0 Å². The number of para-hydroxylation sites is 1. The highest BCUT2D eigenvalue weighted by molar-refractivity contribution is 7.14. The molecule has 144 valence electrons. The molecule has 0 spiro atoms. The molecule has 0 saturated carbocycles. The van der Waals surface area contributed by atoms with E-state index in [9.17, 15) is 14.4 Å². The van der Waals surface area contributed by atoms with Crippen molar-refractivity contribution in [1.29, 1.82) is 0 Å². The second-order valence-corrected chi connectivity index (χ2v) is 6.74. The summed E-state index contributed by atoms with van der Waals surface area (Å²) < 4.78 is 5.20. The van der Waals surface area contributed by atoms with Gasteiger partial charge in [0, 0.05) is 0 Å². The van der Waals surface area contributed by atoms with E-state index in [2.05, 4.69) is 15.5 Å². The number of nitrogens with zero attached hydrogens (tertiary/aromatic N) is 3. The smallest absolute Gasteiger partial charge is 0.361 e. The molecule has 2 amide bonds. The Kier molecular flexibility index (Phi) is 5.50. The van der Waals surface area contributed by atoms with Crippen LogP contribution in [0.3, 0.4) is 0 Å². The first-order valence-electron chi connectivity index (χ1n) is 8.25. The Labute approximate surface area is 164 Å². The van der Waals surface area contributed by atoms with E-state index in [4.69, 9.17) is 10.5 Å². The molecular weight excluding hydrogens is 382 g/mol. The van der Waals surface area contributed by atoms with E-state index in [-0.39, 0.29) is 11.3 Å². The van der Waals surface area contributed by atoms with Crippen molar-refractivity contribution in [2.24, 2.45) is 5.73 Å². The number of aromatic nitrogens is 3. The first-order valence-corrected chi connectivity index (χ1v) is 9.13. The van der Waals surface area contributed by atoms with Gasteiger partial charge in [0.1, 0.15) is 5.00 Å². The molecule has 0 bridgehead atoms. The molecule has 3 N–H and O–H groups in total. The number of nitrogens with one attached hydrogen (secondary N) is 1. The fourth-order valence-corrected chi connectivity index (χ4v) is 3.12. The SMILES string of the molecule is Cc1nn(-c2ccccc2)nc1C(=O)O[C@H](C)C(=O)Nc1sccc1C(N)=O. The van der Waals surface area contributed by atoms with Gasteiger partial charge < -0.3 is 15.8 Å². The van der Waals surface area contributed by atoms with Gasteiger partial charge >= 0.3 is 5.97 Å². The number of ether oxygens (including phenoxy) is 1. The lowest BCUT2D eigenvalue weighted by Crippen LogP contribution is -2.30. The third kappa shape index (κ3) is 4.07. The molecule has 10 heteroatoms. The largest absolute Gasteiger partial charge is 0.448 e. The monoisotopic (exact) mass is 399 g/mol. The highest BCUT2D eigenvalue weighted by Gasteiger charge is 2.24. The zero-order valence-corrected chi connectivity index (χ0v) is 15.9. The van der Waals surface area contributed by atoms with Crippen molar-refractivity contribution < 1.29 is 19.1 Å². The van der Waals surface area contributed by atoms with E-state index in [0.29, 0.717) is 16.4 Å². The molecule has 2 heterocycles. The van der Waals surface area contributed by atoms with Crippen LogP contribution in [0.15, 0.2) is 41.8 Å². The highest BCUT2D eigenvalue weighted by atomic mass is 32.1. The summed E-state index contributed by atoms with van der Waals surface area (Å²) in [6, 6.07) is 10.6. The van der Waals surface area contributed by atoms with E-state index < -0.39 is 23.9 Å². The maximum Gasteiger partial charge on any atom is 0.361 e. The van der Waals surface area contributed by atoms with Gasteiger partial charge in [-0.1, -0.05) is 18.2 Å². The molecule has 1 aromatic carbocycles. The Hall–Kier alpha value is -3.53. The fourth-order valence-electron chi connectivity index (χ4n) is 2.33. The van der Waals surface area contributed by atoms with Crippen molar-refractivity contribution in [1.82, 2.24) is 15.0 Å². The molecule has 9 nitrogen and oxygen atoms in total. The number of aryl methyl sites for hydroxylation is 1. The fraction of sp³-hybridized carbons (Fsp3) is 0.167. The van der Waals surface area contributed by atoms with Crippen LogP contribution in [-0.4, -0.2) is 38.9 Å². The first kappa shape index (κ1) is 19.2.